The van der Waals surface area contributed by atoms with Crippen LogP contribution in [0.15, 0.2) is 18.2 Å². The summed E-state index contributed by atoms with van der Waals surface area (Å²) in [6, 6.07) is 4.82. The van der Waals surface area contributed by atoms with Crippen LogP contribution in [0.2, 0.25) is 0 Å². The third kappa shape index (κ3) is 2.80. The van der Waals surface area contributed by atoms with Gasteiger partial charge in [-0.15, -0.1) is 0 Å². The molecule has 5 nitrogen and oxygen atoms in total. The molecular formula is C14H18FN3O2S. The number of hydrogen-bond donors (Lipinski definition) is 1. The standard InChI is InChI=1S/C14H18FN3O2S/c15-11-2-1-3-12(13(11)17-4-6-21-7-5-17)18-9-10(8-16)20-14(18)19/h1-3,10H,4-9,16H2. The second-order valence-corrected chi connectivity index (χ2v) is 6.28. The quantitative estimate of drug-likeness (QED) is 0.920. The first-order valence-corrected chi connectivity index (χ1v) is 8.15. The van der Waals surface area contributed by atoms with Crippen LogP contribution in [0.25, 0.3) is 0 Å². The Hall–Kier alpha value is -1.47. The van der Waals surface area contributed by atoms with E-state index in [2.05, 4.69) is 0 Å². The van der Waals surface area contributed by atoms with Gasteiger partial charge in [-0.25, -0.2) is 9.18 Å². The largest absolute Gasteiger partial charge is 0.443 e. The average molecular weight is 311 g/mol. The van der Waals surface area contributed by atoms with Crippen molar-refractivity contribution >= 4 is 29.2 Å². The molecular weight excluding hydrogens is 293 g/mol. The zero-order valence-electron chi connectivity index (χ0n) is 11.6. The van der Waals surface area contributed by atoms with Crippen molar-refractivity contribution in [2.45, 2.75) is 6.10 Å². The van der Waals surface area contributed by atoms with Gasteiger partial charge in [0.25, 0.3) is 0 Å². The molecule has 0 bridgehead atoms. The molecule has 1 aromatic rings. The topological polar surface area (TPSA) is 58.8 Å². The maximum Gasteiger partial charge on any atom is 0.414 e. The molecule has 3 rings (SSSR count). The van der Waals surface area contributed by atoms with E-state index in [1.54, 1.807) is 12.1 Å². The normalized spacial score (nSPS) is 22.6. The summed E-state index contributed by atoms with van der Waals surface area (Å²) in [5.74, 6) is 1.62. The fourth-order valence-electron chi connectivity index (χ4n) is 2.66. The fourth-order valence-corrected chi connectivity index (χ4v) is 3.57. The number of carbonyl (C=O) groups excluding carboxylic acids is 1. The summed E-state index contributed by atoms with van der Waals surface area (Å²) in [4.78, 5) is 15.5. The highest BCUT2D eigenvalue weighted by molar-refractivity contribution is 7.99. The molecule has 2 aliphatic rings. The predicted octanol–water partition coefficient (Wildman–Crippen LogP) is 1.66. The predicted molar refractivity (Wildman–Crippen MR) is 82.6 cm³/mol. The van der Waals surface area contributed by atoms with Gasteiger partial charge in [0.1, 0.15) is 11.9 Å². The van der Waals surface area contributed by atoms with E-state index >= 15 is 0 Å². The summed E-state index contributed by atoms with van der Waals surface area (Å²) in [5, 5.41) is 0. The number of thioether (sulfide) groups is 1. The first-order valence-electron chi connectivity index (χ1n) is 7.00. The minimum absolute atomic E-state index is 0.271. The summed E-state index contributed by atoms with van der Waals surface area (Å²) >= 11 is 1.86. The summed E-state index contributed by atoms with van der Waals surface area (Å²) < 4.78 is 19.5. The number of halogens is 1. The van der Waals surface area contributed by atoms with E-state index in [9.17, 15) is 9.18 Å². The molecule has 0 spiro atoms. The van der Waals surface area contributed by atoms with Crippen molar-refractivity contribution in [1.29, 1.82) is 0 Å². The van der Waals surface area contributed by atoms with Gasteiger partial charge in [0.2, 0.25) is 0 Å². The van der Waals surface area contributed by atoms with Crippen LogP contribution in [0.3, 0.4) is 0 Å². The molecule has 7 heteroatoms. The second-order valence-electron chi connectivity index (χ2n) is 5.06. The van der Waals surface area contributed by atoms with Crippen molar-refractivity contribution in [2.75, 3.05) is 47.5 Å². The van der Waals surface area contributed by atoms with Crippen molar-refractivity contribution in [3.63, 3.8) is 0 Å². The fraction of sp³-hybridized carbons (Fsp3) is 0.500. The molecule has 2 fully saturated rings. The van der Waals surface area contributed by atoms with E-state index < -0.39 is 6.09 Å². The number of carbonyl (C=O) groups is 1. The van der Waals surface area contributed by atoms with Crippen LogP contribution >= 0.6 is 11.8 Å². The number of anilines is 2. The SMILES string of the molecule is NCC1CN(c2cccc(F)c2N2CCSCC2)C(=O)O1. The Morgan fingerprint density at radius 3 is 2.81 bits per heavy atom. The van der Waals surface area contributed by atoms with Crippen LogP contribution in [0.1, 0.15) is 0 Å². The van der Waals surface area contributed by atoms with Crippen LogP contribution in [0.5, 0.6) is 0 Å². The van der Waals surface area contributed by atoms with Crippen LogP contribution in [0, 0.1) is 5.82 Å². The van der Waals surface area contributed by atoms with Gasteiger partial charge in [0.05, 0.1) is 17.9 Å². The molecule has 2 aliphatic heterocycles. The molecule has 21 heavy (non-hydrogen) atoms. The Morgan fingerprint density at radius 1 is 1.38 bits per heavy atom. The van der Waals surface area contributed by atoms with E-state index in [0.717, 1.165) is 24.6 Å². The average Bonchev–Trinajstić information content (AvgIpc) is 2.89. The maximum atomic E-state index is 14.3. The Kier molecular flexibility index (Phi) is 4.21. The molecule has 114 valence electrons. The highest BCUT2D eigenvalue weighted by atomic mass is 32.2. The van der Waals surface area contributed by atoms with E-state index in [0.29, 0.717) is 17.9 Å². The number of nitrogens with two attached hydrogens (primary N) is 1. The summed E-state index contributed by atoms with van der Waals surface area (Å²) in [5.41, 5.74) is 6.62. The van der Waals surface area contributed by atoms with E-state index in [-0.39, 0.29) is 18.5 Å². The first-order chi connectivity index (χ1) is 10.2. The summed E-state index contributed by atoms with van der Waals surface area (Å²) in [6.07, 6.45) is -0.783. The number of benzene rings is 1. The van der Waals surface area contributed by atoms with Gasteiger partial charge < -0.3 is 15.4 Å². The molecule has 2 heterocycles. The number of hydrogen-bond acceptors (Lipinski definition) is 5. The van der Waals surface area contributed by atoms with Gasteiger partial charge >= 0.3 is 6.09 Å². The van der Waals surface area contributed by atoms with Crippen molar-refractivity contribution in [3.8, 4) is 0 Å². The van der Waals surface area contributed by atoms with Crippen LogP contribution in [-0.2, 0) is 4.74 Å². The maximum absolute atomic E-state index is 14.3. The van der Waals surface area contributed by atoms with Crippen molar-refractivity contribution < 1.29 is 13.9 Å². The lowest BCUT2D eigenvalue weighted by Crippen LogP contribution is -2.36. The Balaban J connectivity index is 1.95. The van der Waals surface area contributed by atoms with E-state index in [4.69, 9.17) is 10.5 Å². The number of amides is 1. The molecule has 1 aromatic carbocycles. The molecule has 2 saturated heterocycles. The number of cyclic esters (lactones) is 1. The lowest BCUT2D eigenvalue weighted by atomic mass is 10.2. The molecule has 1 unspecified atom stereocenters. The Bertz CT molecular complexity index is 537. The molecule has 1 amide bonds. The molecule has 2 N–H and O–H groups in total. The highest BCUT2D eigenvalue weighted by Crippen LogP contribution is 2.35. The van der Waals surface area contributed by atoms with E-state index in [1.807, 2.05) is 16.7 Å². The molecule has 0 saturated carbocycles. The van der Waals surface area contributed by atoms with Crippen molar-refractivity contribution in [1.82, 2.24) is 0 Å². The van der Waals surface area contributed by atoms with Crippen molar-refractivity contribution in [2.24, 2.45) is 5.73 Å². The van der Waals surface area contributed by atoms with Gasteiger partial charge in [-0.05, 0) is 12.1 Å². The van der Waals surface area contributed by atoms with Crippen molar-refractivity contribution in [3.05, 3.63) is 24.0 Å². The Labute approximate surface area is 127 Å². The van der Waals surface area contributed by atoms with Gasteiger partial charge in [0.15, 0.2) is 0 Å². The van der Waals surface area contributed by atoms with Gasteiger partial charge in [-0.2, -0.15) is 11.8 Å². The smallest absolute Gasteiger partial charge is 0.414 e. The summed E-state index contributed by atoms with van der Waals surface area (Å²) in [6.45, 7) is 2.20. The zero-order valence-corrected chi connectivity index (χ0v) is 12.4. The number of para-hydroxylation sites is 1. The van der Waals surface area contributed by atoms with Crippen LogP contribution < -0.4 is 15.5 Å². The number of ether oxygens (including phenoxy) is 1. The first kappa shape index (κ1) is 14.5. The van der Waals surface area contributed by atoms with Gasteiger partial charge in [-0.1, -0.05) is 6.07 Å². The zero-order chi connectivity index (χ0) is 14.8. The molecule has 0 aromatic heterocycles. The van der Waals surface area contributed by atoms with Crippen LogP contribution in [-0.4, -0.2) is 49.9 Å². The third-order valence-corrected chi connectivity index (χ3v) is 4.66. The second kappa shape index (κ2) is 6.11. The Morgan fingerprint density at radius 2 is 2.14 bits per heavy atom. The molecule has 1 atom stereocenters. The highest BCUT2D eigenvalue weighted by Gasteiger charge is 2.34. The monoisotopic (exact) mass is 311 g/mol. The molecule has 0 radical (unpaired) electrons. The minimum atomic E-state index is -0.455. The molecule has 0 aliphatic carbocycles. The number of rotatable bonds is 3. The van der Waals surface area contributed by atoms with E-state index in [1.165, 1.54) is 11.0 Å². The van der Waals surface area contributed by atoms with Gasteiger partial charge in [0, 0.05) is 31.1 Å². The van der Waals surface area contributed by atoms with Crippen LogP contribution in [0.4, 0.5) is 20.6 Å². The third-order valence-electron chi connectivity index (χ3n) is 3.72. The lowest BCUT2D eigenvalue weighted by Gasteiger charge is -2.32. The minimum Gasteiger partial charge on any atom is -0.443 e. The number of nitrogens with zero attached hydrogens (tertiary/aromatic N) is 2. The van der Waals surface area contributed by atoms with Gasteiger partial charge in [-0.3, -0.25) is 4.90 Å². The summed E-state index contributed by atoms with van der Waals surface area (Å²) in [7, 11) is 0. The lowest BCUT2D eigenvalue weighted by molar-refractivity contribution is 0.145.